The molecule has 0 aliphatic carbocycles. The van der Waals surface area contributed by atoms with Gasteiger partial charge in [0, 0.05) is 37.0 Å². The van der Waals surface area contributed by atoms with Crippen LogP contribution in [-0.4, -0.2) is 28.9 Å². The van der Waals surface area contributed by atoms with Crippen molar-refractivity contribution in [2.24, 2.45) is 0 Å². The lowest BCUT2D eigenvalue weighted by Crippen LogP contribution is -2.29. The van der Waals surface area contributed by atoms with Gasteiger partial charge in [0.05, 0.1) is 11.1 Å². The monoisotopic (exact) mass is 478 g/mol. The van der Waals surface area contributed by atoms with Crippen LogP contribution in [0.2, 0.25) is 0 Å². The lowest BCUT2D eigenvalue weighted by Gasteiger charge is -2.19. The van der Waals surface area contributed by atoms with Gasteiger partial charge in [0.15, 0.2) is 0 Å². The van der Waals surface area contributed by atoms with E-state index in [1.807, 2.05) is 12.1 Å². The van der Waals surface area contributed by atoms with Crippen molar-refractivity contribution >= 4 is 5.91 Å². The summed E-state index contributed by atoms with van der Waals surface area (Å²) in [5.41, 5.74) is -0.948. The zero-order valence-electron chi connectivity index (χ0n) is 18.0. The molecule has 1 amide bonds. The van der Waals surface area contributed by atoms with Crippen LogP contribution in [0.25, 0.3) is 11.1 Å². The number of amides is 1. The van der Waals surface area contributed by atoms with Crippen molar-refractivity contribution in [3.63, 3.8) is 0 Å². The van der Waals surface area contributed by atoms with Crippen molar-refractivity contribution in [3.8, 4) is 11.1 Å². The third kappa shape index (κ3) is 4.93. The Kier molecular flexibility index (Phi) is 6.14. The summed E-state index contributed by atoms with van der Waals surface area (Å²) >= 11 is 0. The number of pyridine rings is 1. The van der Waals surface area contributed by atoms with Crippen LogP contribution in [0.1, 0.15) is 45.0 Å². The number of carbonyl (C=O) groups excluding carboxylic acids is 1. The van der Waals surface area contributed by atoms with E-state index in [4.69, 9.17) is 0 Å². The number of alkyl halides is 6. The van der Waals surface area contributed by atoms with Gasteiger partial charge in [0.25, 0.3) is 5.91 Å². The molecule has 178 valence electrons. The van der Waals surface area contributed by atoms with Crippen LogP contribution >= 0.6 is 0 Å². The van der Waals surface area contributed by atoms with Gasteiger partial charge in [-0.1, -0.05) is 18.2 Å². The highest BCUT2D eigenvalue weighted by atomic mass is 19.4. The molecule has 1 atom stereocenters. The van der Waals surface area contributed by atoms with Gasteiger partial charge in [-0.15, -0.1) is 0 Å². The van der Waals surface area contributed by atoms with Gasteiger partial charge >= 0.3 is 12.4 Å². The fourth-order valence-corrected chi connectivity index (χ4v) is 4.21. The first-order valence-corrected chi connectivity index (χ1v) is 10.5. The normalized spacial score (nSPS) is 16.7. The zero-order valence-corrected chi connectivity index (χ0v) is 18.0. The van der Waals surface area contributed by atoms with Crippen molar-refractivity contribution < 1.29 is 31.1 Å². The van der Waals surface area contributed by atoms with E-state index in [0.717, 1.165) is 12.0 Å². The minimum absolute atomic E-state index is 0.0975. The molecule has 0 bridgehead atoms. The first kappa shape index (κ1) is 23.8. The summed E-state index contributed by atoms with van der Waals surface area (Å²) in [4.78, 5) is 18.9. The van der Waals surface area contributed by atoms with Crippen LogP contribution in [0, 0.1) is 6.92 Å². The van der Waals surface area contributed by atoms with Gasteiger partial charge in [0.2, 0.25) is 0 Å². The van der Waals surface area contributed by atoms with Gasteiger partial charge in [-0.3, -0.25) is 9.78 Å². The third-order valence-corrected chi connectivity index (χ3v) is 6.01. The first-order valence-electron chi connectivity index (χ1n) is 10.5. The predicted octanol–water partition coefficient (Wildman–Crippen LogP) is 6.72. The van der Waals surface area contributed by atoms with E-state index in [-0.39, 0.29) is 29.0 Å². The molecule has 0 saturated carbocycles. The number of rotatable bonds is 3. The Morgan fingerprint density at radius 3 is 2.18 bits per heavy atom. The quantitative estimate of drug-likeness (QED) is 0.392. The predicted molar refractivity (Wildman–Crippen MR) is 114 cm³/mol. The maximum Gasteiger partial charge on any atom is 0.416 e. The molecule has 0 N–H and O–H groups in total. The molecular formula is C25H20F6N2O. The Balaban J connectivity index is 1.61. The fourth-order valence-electron chi connectivity index (χ4n) is 4.21. The van der Waals surface area contributed by atoms with E-state index in [1.165, 1.54) is 18.2 Å². The van der Waals surface area contributed by atoms with Crippen LogP contribution in [0.15, 0.2) is 60.9 Å². The topological polar surface area (TPSA) is 33.2 Å². The summed E-state index contributed by atoms with van der Waals surface area (Å²) in [7, 11) is 0. The van der Waals surface area contributed by atoms with Gasteiger partial charge < -0.3 is 4.90 Å². The number of carbonyl (C=O) groups is 1. The van der Waals surface area contributed by atoms with Crippen molar-refractivity contribution in [1.29, 1.82) is 0 Å². The molecule has 1 aliphatic rings. The molecular weight excluding hydrogens is 458 g/mol. The molecule has 0 spiro atoms. The number of hydrogen-bond acceptors (Lipinski definition) is 2. The highest BCUT2D eigenvalue weighted by Gasteiger charge is 2.37. The molecule has 2 heterocycles. The second-order valence-electron chi connectivity index (χ2n) is 8.35. The van der Waals surface area contributed by atoms with Crippen LogP contribution in [-0.2, 0) is 12.4 Å². The third-order valence-electron chi connectivity index (χ3n) is 6.01. The number of hydrogen-bond donors (Lipinski definition) is 0. The molecule has 2 aromatic carbocycles. The summed E-state index contributed by atoms with van der Waals surface area (Å²) in [6.07, 6.45) is -5.64. The maximum atomic E-state index is 13.2. The summed E-state index contributed by atoms with van der Waals surface area (Å²) in [6, 6.07) is 9.53. The lowest BCUT2D eigenvalue weighted by atomic mass is 9.96. The number of nitrogens with zero attached hydrogens (tertiary/aromatic N) is 2. The smallest absolute Gasteiger partial charge is 0.338 e. The van der Waals surface area contributed by atoms with Gasteiger partial charge in [-0.05, 0) is 65.9 Å². The molecule has 3 nitrogen and oxygen atoms in total. The van der Waals surface area contributed by atoms with E-state index in [9.17, 15) is 31.1 Å². The molecule has 1 aliphatic heterocycles. The molecule has 1 saturated heterocycles. The molecule has 1 fully saturated rings. The number of aromatic nitrogens is 1. The van der Waals surface area contributed by atoms with Gasteiger partial charge in [-0.25, -0.2) is 0 Å². The SMILES string of the molecule is Cc1cc(-c2cc(C(F)(F)F)cc(C(F)(F)F)c2)ccc1C(=O)N1CCC(c2cccnc2)C1. The van der Waals surface area contributed by atoms with Gasteiger partial charge in [-0.2, -0.15) is 26.3 Å². The number of likely N-dealkylation sites (tertiary alicyclic amines) is 1. The van der Waals surface area contributed by atoms with Crippen molar-refractivity contribution in [2.75, 3.05) is 13.1 Å². The Bertz CT molecular complexity index is 1170. The molecule has 9 heteroatoms. The van der Waals surface area contributed by atoms with Crippen molar-refractivity contribution in [1.82, 2.24) is 9.88 Å². The van der Waals surface area contributed by atoms with E-state index < -0.39 is 23.5 Å². The average Bonchev–Trinajstić information content (AvgIpc) is 3.28. The van der Waals surface area contributed by atoms with E-state index in [0.29, 0.717) is 36.3 Å². The lowest BCUT2D eigenvalue weighted by molar-refractivity contribution is -0.143. The Morgan fingerprint density at radius 2 is 1.62 bits per heavy atom. The standard InChI is InChI=1S/C25H20F6N2O/c1-15-9-16(19-10-20(24(26,27)28)12-21(11-19)25(29,30)31)4-5-22(15)23(34)33-8-6-18(14-33)17-3-2-7-32-13-17/h2-5,7,9-13,18H,6,8,14H2,1H3. The largest absolute Gasteiger partial charge is 0.416 e. The summed E-state index contributed by atoms with van der Waals surface area (Å²) in [5, 5.41) is 0. The number of benzene rings is 2. The second kappa shape index (κ2) is 8.77. The molecule has 1 unspecified atom stereocenters. The van der Waals surface area contributed by atoms with E-state index in [1.54, 1.807) is 24.2 Å². The minimum Gasteiger partial charge on any atom is -0.338 e. The maximum absolute atomic E-state index is 13.2. The summed E-state index contributed by atoms with van der Waals surface area (Å²) in [6.45, 7) is 2.67. The summed E-state index contributed by atoms with van der Waals surface area (Å²) < 4.78 is 79.2. The zero-order chi connectivity index (χ0) is 24.7. The Labute approximate surface area is 192 Å². The minimum atomic E-state index is -4.93. The molecule has 3 aromatic rings. The summed E-state index contributed by atoms with van der Waals surface area (Å²) in [5.74, 6) is -0.0707. The molecule has 34 heavy (non-hydrogen) atoms. The highest BCUT2D eigenvalue weighted by Crippen LogP contribution is 2.39. The van der Waals surface area contributed by atoms with Crippen LogP contribution in [0.4, 0.5) is 26.3 Å². The first-order chi connectivity index (χ1) is 15.9. The molecule has 4 rings (SSSR count). The number of halogens is 6. The van der Waals surface area contributed by atoms with Crippen molar-refractivity contribution in [3.05, 3.63) is 88.7 Å². The molecule has 1 aromatic heterocycles. The van der Waals surface area contributed by atoms with Crippen LogP contribution in [0.3, 0.4) is 0 Å². The van der Waals surface area contributed by atoms with Crippen LogP contribution < -0.4 is 0 Å². The molecule has 0 radical (unpaired) electrons. The van der Waals surface area contributed by atoms with E-state index in [2.05, 4.69) is 4.98 Å². The highest BCUT2D eigenvalue weighted by molar-refractivity contribution is 5.96. The Hall–Kier alpha value is -3.36. The van der Waals surface area contributed by atoms with E-state index >= 15 is 0 Å². The van der Waals surface area contributed by atoms with Crippen LogP contribution in [0.5, 0.6) is 0 Å². The number of aryl methyl sites for hydroxylation is 1. The Morgan fingerprint density at radius 1 is 0.941 bits per heavy atom. The van der Waals surface area contributed by atoms with Gasteiger partial charge in [0.1, 0.15) is 0 Å². The van der Waals surface area contributed by atoms with Crippen molar-refractivity contribution in [2.45, 2.75) is 31.6 Å². The fraction of sp³-hybridized carbons (Fsp3) is 0.280. The average molecular weight is 478 g/mol. The second-order valence-corrected chi connectivity index (χ2v) is 8.35.